The average Bonchev–Trinajstić information content (AvgIpc) is 3.12. The molecule has 0 unspecified atom stereocenters. The van der Waals surface area contributed by atoms with Crippen molar-refractivity contribution < 1.29 is 13.9 Å². The number of nitrogens with two attached hydrogens (primary N) is 1. The molecule has 8 heteroatoms. The second kappa shape index (κ2) is 6.69. The quantitative estimate of drug-likeness (QED) is 0.617. The molecule has 2 aromatic heterocycles. The zero-order valence-electron chi connectivity index (χ0n) is 12.8. The van der Waals surface area contributed by atoms with Crippen molar-refractivity contribution in [1.82, 2.24) is 15.4 Å². The van der Waals surface area contributed by atoms with E-state index in [0.717, 1.165) is 5.56 Å². The lowest BCUT2D eigenvalue weighted by atomic mass is 10.2. The molecule has 0 aliphatic heterocycles. The molecular formula is C16H15N5O3. The minimum Gasteiger partial charge on any atom is -0.459 e. The fourth-order valence-corrected chi connectivity index (χ4v) is 1.86. The first-order valence-electron chi connectivity index (χ1n) is 7.08. The van der Waals surface area contributed by atoms with Gasteiger partial charge in [0.05, 0.1) is 6.26 Å². The van der Waals surface area contributed by atoms with Gasteiger partial charge < -0.3 is 14.9 Å². The van der Waals surface area contributed by atoms with Gasteiger partial charge in [-0.2, -0.15) is 4.98 Å². The Bertz CT molecular complexity index is 831. The summed E-state index contributed by atoms with van der Waals surface area (Å²) in [5, 5.41) is 0. The highest BCUT2D eigenvalue weighted by molar-refractivity contribution is 5.92. The molecule has 0 spiro atoms. The number of aromatic nitrogens is 2. The number of aryl methyl sites for hydroxylation is 1. The average molecular weight is 325 g/mol. The number of carbonyl (C=O) groups excluding carboxylic acids is 1. The van der Waals surface area contributed by atoms with Gasteiger partial charge >= 0.3 is 5.91 Å². The predicted molar refractivity (Wildman–Crippen MR) is 87.5 cm³/mol. The molecule has 0 fully saturated rings. The molecule has 0 saturated carbocycles. The molecule has 1 aromatic carbocycles. The molecule has 3 rings (SSSR count). The highest BCUT2D eigenvalue weighted by Crippen LogP contribution is 2.28. The van der Waals surface area contributed by atoms with Crippen LogP contribution in [0, 0.1) is 6.92 Å². The summed E-state index contributed by atoms with van der Waals surface area (Å²) in [6.45, 7) is 1.98. The van der Waals surface area contributed by atoms with Crippen LogP contribution in [0.5, 0.6) is 11.6 Å². The van der Waals surface area contributed by atoms with Crippen molar-refractivity contribution in [2.45, 2.75) is 6.92 Å². The fraction of sp³-hybridized carbons (Fsp3) is 0.0625. The smallest absolute Gasteiger partial charge is 0.305 e. The molecule has 0 bridgehead atoms. The van der Waals surface area contributed by atoms with Crippen LogP contribution in [0.2, 0.25) is 0 Å². The fourth-order valence-electron chi connectivity index (χ4n) is 1.86. The van der Waals surface area contributed by atoms with Gasteiger partial charge in [0.15, 0.2) is 11.6 Å². The standard InChI is InChI=1S/C16H15N5O3/c1-10-4-6-11(7-5-10)24-16-13(17)14(18-9-19-16)20-21-15(22)12-3-2-8-23-12/h2-9H,17H2,1H3,(H,21,22)(H,18,19,20). The van der Waals surface area contributed by atoms with Crippen LogP contribution in [0.3, 0.4) is 0 Å². The zero-order valence-corrected chi connectivity index (χ0v) is 12.8. The molecule has 24 heavy (non-hydrogen) atoms. The van der Waals surface area contributed by atoms with Gasteiger partial charge in [0.25, 0.3) is 0 Å². The van der Waals surface area contributed by atoms with Gasteiger partial charge in [-0.15, -0.1) is 0 Å². The Morgan fingerprint density at radius 2 is 2.00 bits per heavy atom. The topological polar surface area (TPSA) is 115 Å². The SMILES string of the molecule is Cc1ccc(Oc2ncnc(NNC(=O)c3ccco3)c2N)cc1. The number of hydrogen-bond acceptors (Lipinski definition) is 7. The number of nitrogens with zero attached hydrogens (tertiary/aromatic N) is 2. The molecule has 0 radical (unpaired) electrons. The molecule has 1 amide bonds. The van der Waals surface area contributed by atoms with Crippen molar-refractivity contribution in [2.75, 3.05) is 11.2 Å². The van der Waals surface area contributed by atoms with Gasteiger partial charge in [-0.25, -0.2) is 4.98 Å². The number of carbonyl (C=O) groups is 1. The van der Waals surface area contributed by atoms with E-state index in [1.54, 1.807) is 6.07 Å². The van der Waals surface area contributed by atoms with E-state index in [0.29, 0.717) is 5.75 Å². The van der Waals surface area contributed by atoms with E-state index in [2.05, 4.69) is 20.8 Å². The number of anilines is 2. The Hall–Kier alpha value is -3.55. The van der Waals surface area contributed by atoms with Crippen LogP contribution < -0.4 is 21.3 Å². The largest absolute Gasteiger partial charge is 0.459 e. The van der Waals surface area contributed by atoms with Crippen LogP contribution in [-0.2, 0) is 0 Å². The second-order valence-electron chi connectivity index (χ2n) is 4.91. The van der Waals surface area contributed by atoms with Crippen molar-refractivity contribution in [3.63, 3.8) is 0 Å². The number of ether oxygens (including phenoxy) is 1. The van der Waals surface area contributed by atoms with Crippen molar-refractivity contribution in [2.24, 2.45) is 0 Å². The normalized spacial score (nSPS) is 10.2. The lowest BCUT2D eigenvalue weighted by Crippen LogP contribution is -2.30. The van der Waals surface area contributed by atoms with E-state index in [9.17, 15) is 4.79 Å². The molecule has 8 nitrogen and oxygen atoms in total. The number of amides is 1. The number of rotatable bonds is 5. The molecular weight excluding hydrogens is 310 g/mol. The maximum atomic E-state index is 11.8. The van der Waals surface area contributed by atoms with E-state index in [-0.39, 0.29) is 23.1 Å². The van der Waals surface area contributed by atoms with E-state index >= 15 is 0 Å². The minimum atomic E-state index is -0.459. The van der Waals surface area contributed by atoms with Crippen LogP contribution in [0.4, 0.5) is 11.5 Å². The molecule has 122 valence electrons. The Labute approximate surface area is 137 Å². The molecule has 0 aliphatic carbocycles. The van der Waals surface area contributed by atoms with Crippen molar-refractivity contribution >= 4 is 17.4 Å². The lowest BCUT2D eigenvalue weighted by Gasteiger charge is -2.12. The summed E-state index contributed by atoms with van der Waals surface area (Å²) in [7, 11) is 0. The maximum absolute atomic E-state index is 11.8. The van der Waals surface area contributed by atoms with E-state index < -0.39 is 5.91 Å². The predicted octanol–water partition coefficient (Wildman–Crippen LogP) is 2.51. The Kier molecular flexibility index (Phi) is 4.28. The monoisotopic (exact) mass is 325 g/mol. The molecule has 0 saturated heterocycles. The first-order chi connectivity index (χ1) is 11.6. The summed E-state index contributed by atoms with van der Waals surface area (Å²) in [4.78, 5) is 19.8. The Morgan fingerprint density at radius 3 is 2.71 bits per heavy atom. The van der Waals surface area contributed by atoms with Gasteiger partial charge in [0.2, 0.25) is 5.88 Å². The molecule has 0 aliphatic rings. The third-order valence-corrected chi connectivity index (χ3v) is 3.12. The van der Waals surface area contributed by atoms with Gasteiger partial charge in [-0.1, -0.05) is 17.7 Å². The van der Waals surface area contributed by atoms with E-state index in [1.165, 1.54) is 18.7 Å². The van der Waals surface area contributed by atoms with Crippen LogP contribution in [0.15, 0.2) is 53.4 Å². The van der Waals surface area contributed by atoms with E-state index in [1.807, 2.05) is 31.2 Å². The van der Waals surface area contributed by atoms with Crippen molar-refractivity contribution in [3.8, 4) is 11.6 Å². The first-order valence-corrected chi connectivity index (χ1v) is 7.08. The summed E-state index contributed by atoms with van der Waals surface area (Å²) in [6, 6.07) is 10.6. The highest BCUT2D eigenvalue weighted by Gasteiger charge is 2.13. The molecule has 0 atom stereocenters. The number of nitrogen functional groups attached to an aromatic ring is 1. The number of hydrazine groups is 1. The number of hydrogen-bond donors (Lipinski definition) is 3. The van der Waals surface area contributed by atoms with Gasteiger partial charge in [-0.3, -0.25) is 15.6 Å². The van der Waals surface area contributed by atoms with Crippen LogP contribution in [-0.4, -0.2) is 15.9 Å². The number of benzene rings is 1. The van der Waals surface area contributed by atoms with Crippen LogP contribution >= 0.6 is 0 Å². The van der Waals surface area contributed by atoms with Crippen molar-refractivity contribution in [1.29, 1.82) is 0 Å². The van der Waals surface area contributed by atoms with Gasteiger partial charge in [0, 0.05) is 0 Å². The third kappa shape index (κ3) is 3.43. The number of nitrogens with one attached hydrogen (secondary N) is 2. The third-order valence-electron chi connectivity index (χ3n) is 3.12. The number of furan rings is 1. The highest BCUT2D eigenvalue weighted by atomic mass is 16.5. The maximum Gasteiger partial charge on any atom is 0.305 e. The lowest BCUT2D eigenvalue weighted by molar-refractivity contribution is 0.0935. The summed E-state index contributed by atoms with van der Waals surface area (Å²) >= 11 is 0. The van der Waals surface area contributed by atoms with Gasteiger partial charge in [0.1, 0.15) is 17.8 Å². The molecule has 2 heterocycles. The first kappa shape index (κ1) is 15.3. The summed E-state index contributed by atoms with van der Waals surface area (Å²) < 4.78 is 10.6. The summed E-state index contributed by atoms with van der Waals surface area (Å²) in [5.74, 6) is 0.692. The van der Waals surface area contributed by atoms with Gasteiger partial charge in [-0.05, 0) is 31.2 Å². The van der Waals surface area contributed by atoms with E-state index in [4.69, 9.17) is 14.9 Å². The molecule has 3 aromatic rings. The summed E-state index contributed by atoms with van der Waals surface area (Å²) in [5.41, 5.74) is 12.3. The molecule has 4 N–H and O–H groups in total. The Morgan fingerprint density at radius 1 is 1.21 bits per heavy atom. The Balaban J connectivity index is 1.71. The second-order valence-corrected chi connectivity index (χ2v) is 4.91. The van der Waals surface area contributed by atoms with Crippen LogP contribution in [0.25, 0.3) is 0 Å². The summed E-state index contributed by atoms with van der Waals surface area (Å²) in [6.07, 6.45) is 2.68. The zero-order chi connectivity index (χ0) is 16.9. The van der Waals surface area contributed by atoms with Crippen molar-refractivity contribution in [3.05, 3.63) is 60.3 Å². The minimum absolute atomic E-state index is 0.159. The van der Waals surface area contributed by atoms with Crippen LogP contribution in [0.1, 0.15) is 16.1 Å².